The van der Waals surface area contributed by atoms with E-state index in [4.69, 9.17) is 15.1 Å². The number of nitriles is 1. The minimum atomic E-state index is -1.19. The predicted octanol–water partition coefficient (Wildman–Crippen LogP) is 1.09. The normalized spacial score (nSPS) is 11.2. The number of amides is 2. The molecule has 0 fully saturated rings. The summed E-state index contributed by atoms with van der Waals surface area (Å²) in [7, 11) is 1.34. The van der Waals surface area contributed by atoms with Crippen LogP contribution < -0.4 is 10.6 Å². The molecule has 0 spiro atoms. The number of rotatable bonds is 5. The van der Waals surface area contributed by atoms with Gasteiger partial charge >= 0.3 is 12.0 Å². The van der Waals surface area contributed by atoms with Crippen LogP contribution in [0.4, 0.5) is 10.5 Å². The van der Waals surface area contributed by atoms with E-state index in [1.807, 2.05) is 6.07 Å². The third kappa shape index (κ3) is 4.26. The molecular formula is C13H15N3O4. The summed E-state index contributed by atoms with van der Waals surface area (Å²) in [6.45, 7) is 1.63. The van der Waals surface area contributed by atoms with Crippen molar-refractivity contribution >= 4 is 17.7 Å². The number of hydrogen-bond donors (Lipinski definition) is 3. The van der Waals surface area contributed by atoms with E-state index in [0.717, 1.165) is 5.56 Å². The van der Waals surface area contributed by atoms with Crippen LogP contribution in [0.5, 0.6) is 0 Å². The summed E-state index contributed by atoms with van der Waals surface area (Å²) >= 11 is 0. The van der Waals surface area contributed by atoms with Gasteiger partial charge in [0.1, 0.15) is 0 Å². The maximum absolute atomic E-state index is 11.7. The van der Waals surface area contributed by atoms with Gasteiger partial charge < -0.3 is 20.5 Å². The molecule has 0 aliphatic carbocycles. The molecular weight excluding hydrogens is 262 g/mol. The maximum atomic E-state index is 11.7. The standard InChI is InChI=1S/C13H15N3O4/c1-8-3-4-9(6-14)5-10(8)15-13(19)16-11(7-20-2)12(17)18/h3-5,11H,7H2,1-2H3,(H,17,18)(H2,15,16,19). The fourth-order valence-corrected chi connectivity index (χ4v) is 1.48. The monoisotopic (exact) mass is 277 g/mol. The number of ether oxygens (including phenoxy) is 1. The third-order valence-corrected chi connectivity index (χ3v) is 2.55. The molecule has 106 valence electrons. The average Bonchev–Trinajstić information content (AvgIpc) is 2.40. The SMILES string of the molecule is COCC(NC(=O)Nc1cc(C#N)ccc1C)C(=O)O. The van der Waals surface area contributed by atoms with Crippen molar-refractivity contribution < 1.29 is 19.4 Å². The molecule has 0 aliphatic rings. The molecule has 1 aromatic carbocycles. The molecule has 3 N–H and O–H groups in total. The topological polar surface area (TPSA) is 111 Å². The number of aryl methyl sites for hydroxylation is 1. The molecule has 0 radical (unpaired) electrons. The summed E-state index contributed by atoms with van der Waals surface area (Å²) in [5.41, 5.74) is 1.61. The van der Waals surface area contributed by atoms with E-state index in [-0.39, 0.29) is 6.61 Å². The number of carboxylic acids is 1. The van der Waals surface area contributed by atoms with Crippen LogP contribution in [0, 0.1) is 18.3 Å². The molecule has 20 heavy (non-hydrogen) atoms. The smallest absolute Gasteiger partial charge is 0.328 e. The lowest BCUT2D eigenvalue weighted by Crippen LogP contribution is -2.45. The molecule has 2 amide bonds. The Bertz CT molecular complexity index is 551. The summed E-state index contributed by atoms with van der Waals surface area (Å²) in [6.07, 6.45) is 0. The van der Waals surface area contributed by atoms with E-state index < -0.39 is 18.0 Å². The zero-order chi connectivity index (χ0) is 15.1. The molecule has 0 heterocycles. The maximum Gasteiger partial charge on any atom is 0.328 e. The van der Waals surface area contributed by atoms with Crippen molar-refractivity contribution in [3.8, 4) is 6.07 Å². The molecule has 0 aliphatic heterocycles. The number of anilines is 1. The molecule has 0 bridgehead atoms. The Balaban J connectivity index is 2.75. The number of carbonyl (C=O) groups is 2. The lowest BCUT2D eigenvalue weighted by molar-refractivity contribution is -0.140. The van der Waals surface area contributed by atoms with E-state index >= 15 is 0 Å². The zero-order valence-corrected chi connectivity index (χ0v) is 11.1. The molecule has 0 saturated heterocycles. The van der Waals surface area contributed by atoms with Gasteiger partial charge in [0.05, 0.1) is 18.2 Å². The minimum absolute atomic E-state index is 0.139. The first-order chi connectivity index (χ1) is 9.47. The van der Waals surface area contributed by atoms with Crippen LogP contribution in [0.15, 0.2) is 18.2 Å². The van der Waals surface area contributed by atoms with Gasteiger partial charge in [-0.2, -0.15) is 5.26 Å². The highest BCUT2D eigenvalue weighted by Crippen LogP contribution is 2.16. The van der Waals surface area contributed by atoms with Gasteiger partial charge in [0.15, 0.2) is 6.04 Å². The Kier molecular flexibility index (Phi) is 5.50. The van der Waals surface area contributed by atoms with Crippen LogP contribution in [0.25, 0.3) is 0 Å². The van der Waals surface area contributed by atoms with Crippen LogP contribution in [0.1, 0.15) is 11.1 Å². The summed E-state index contributed by atoms with van der Waals surface area (Å²) < 4.78 is 4.71. The van der Waals surface area contributed by atoms with Gasteiger partial charge in [-0.1, -0.05) is 6.07 Å². The first-order valence-electron chi connectivity index (χ1n) is 5.78. The van der Waals surface area contributed by atoms with Crippen LogP contribution in [-0.2, 0) is 9.53 Å². The van der Waals surface area contributed by atoms with Gasteiger partial charge in [0, 0.05) is 12.8 Å². The highest BCUT2D eigenvalue weighted by Gasteiger charge is 2.19. The lowest BCUT2D eigenvalue weighted by Gasteiger charge is -2.15. The van der Waals surface area contributed by atoms with E-state index in [1.54, 1.807) is 19.1 Å². The number of carbonyl (C=O) groups excluding carboxylic acids is 1. The Hall–Kier alpha value is -2.59. The number of nitrogens with one attached hydrogen (secondary N) is 2. The van der Waals surface area contributed by atoms with E-state index in [1.165, 1.54) is 13.2 Å². The number of urea groups is 1. The summed E-state index contributed by atoms with van der Waals surface area (Å²) in [5, 5.41) is 22.5. The van der Waals surface area contributed by atoms with Crippen LogP contribution in [0.3, 0.4) is 0 Å². The molecule has 1 aromatic rings. The van der Waals surface area contributed by atoms with Crippen molar-refractivity contribution in [3.63, 3.8) is 0 Å². The van der Waals surface area contributed by atoms with Gasteiger partial charge in [0.25, 0.3) is 0 Å². The van der Waals surface area contributed by atoms with Gasteiger partial charge in [0.2, 0.25) is 0 Å². The van der Waals surface area contributed by atoms with Crippen LogP contribution in [0.2, 0.25) is 0 Å². The number of methoxy groups -OCH3 is 1. The zero-order valence-electron chi connectivity index (χ0n) is 11.1. The second kappa shape index (κ2) is 7.11. The second-order valence-corrected chi connectivity index (χ2v) is 4.09. The summed E-state index contributed by atoms with van der Waals surface area (Å²) in [6, 6.07) is 4.98. The van der Waals surface area contributed by atoms with Gasteiger partial charge in [-0.05, 0) is 24.6 Å². The highest BCUT2D eigenvalue weighted by atomic mass is 16.5. The molecule has 7 nitrogen and oxygen atoms in total. The Morgan fingerprint density at radius 1 is 1.50 bits per heavy atom. The largest absolute Gasteiger partial charge is 0.480 e. The molecule has 0 aromatic heterocycles. The lowest BCUT2D eigenvalue weighted by atomic mass is 10.1. The van der Waals surface area contributed by atoms with Crippen LogP contribution >= 0.6 is 0 Å². The molecule has 0 saturated carbocycles. The quantitative estimate of drug-likeness (QED) is 0.745. The Labute approximate surface area is 116 Å². The summed E-state index contributed by atoms with van der Waals surface area (Å²) in [4.78, 5) is 22.6. The molecule has 1 unspecified atom stereocenters. The number of nitrogens with zero attached hydrogens (tertiary/aromatic N) is 1. The van der Waals surface area contributed by atoms with Gasteiger partial charge in [-0.3, -0.25) is 0 Å². The third-order valence-electron chi connectivity index (χ3n) is 2.55. The van der Waals surface area contributed by atoms with E-state index in [9.17, 15) is 9.59 Å². The van der Waals surface area contributed by atoms with Gasteiger partial charge in [-0.25, -0.2) is 9.59 Å². The van der Waals surface area contributed by atoms with Gasteiger partial charge in [-0.15, -0.1) is 0 Å². The Morgan fingerprint density at radius 3 is 2.75 bits per heavy atom. The molecule has 7 heteroatoms. The minimum Gasteiger partial charge on any atom is -0.480 e. The van der Waals surface area contributed by atoms with Crippen molar-refractivity contribution in [2.75, 3.05) is 19.0 Å². The first-order valence-corrected chi connectivity index (χ1v) is 5.78. The number of carboxylic acid groups (broad SMARTS) is 1. The fourth-order valence-electron chi connectivity index (χ4n) is 1.48. The second-order valence-electron chi connectivity index (χ2n) is 4.09. The number of aliphatic carboxylic acids is 1. The molecule has 1 rings (SSSR count). The summed E-state index contributed by atoms with van der Waals surface area (Å²) in [5.74, 6) is -1.19. The predicted molar refractivity (Wildman–Crippen MR) is 71.3 cm³/mol. The average molecular weight is 277 g/mol. The van der Waals surface area contributed by atoms with Crippen molar-refractivity contribution in [1.82, 2.24) is 5.32 Å². The van der Waals surface area contributed by atoms with Crippen molar-refractivity contribution in [2.45, 2.75) is 13.0 Å². The van der Waals surface area contributed by atoms with Crippen LogP contribution in [-0.4, -0.2) is 36.9 Å². The highest BCUT2D eigenvalue weighted by molar-refractivity contribution is 5.93. The van der Waals surface area contributed by atoms with Crippen molar-refractivity contribution in [1.29, 1.82) is 5.26 Å². The van der Waals surface area contributed by atoms with Crippen molar-refractivity contribution in [3.05, 3.63) is 29.3 Å². The number of hydrogen-bond acceptors (Lipinski definition) is 4. The Morgan fingerprint density at radius 2 is 2.20 bits per heavy atom. The van der Waals surface area contributed by atoms with Crippen molar-refractivity contribution in [2.24, 2.45) is 0 Å². The van der Waals surface area contributed by atoms with E-state index in [0.29, 0.717) is 11.3 Å². The first kappa shape index (κ1) is 15.5. The molecule has 1 atom stereocenters. The van der Waals surface area contributed by atoms with E-state index in [2.05, 4.69) is 10.6 Å². The number of benzene rings is 1. The fraction of sp³-hybridized carbons (Fsp3) is 0.308.